The maximum Gasteiger partial charge on any atom is 0.326 e. The lowest BCUT2D eigenvalue weighted by atomic mass is 9.91. The molecule has 0 amide bonds. The van der Waals surface area contributed by atoms with Crippen LogP contribution >= 0.6 is 0 Å². The quantitative estimate of drug-likeness (QED) is 0.630. The van der Waals surface area contributed by atoms with Crippen molar-refractivity contribution in [1.82, 2.24) is 10.2 Å². The van der Waals surface area contributed by atoms with E-state index in [0.29, 0.717) is 24.6 Å². The number of rotatable bonds is 10. The Bertz CT molecular complexity index is 305. The van der Waals surface area contributed by atoms with Gasteiger partial charge in [0.1, 0.15) is 5.54 Å². The molecular formula is C17H36N2O2. The lowest BCUT2D eigenvalue weighted by Crippen LogP contribution is -2.55. The summed E-state index contributed by atoms with van der Waals surface area (Å²) >= 11 is 0. The molecule has 0 aliphatic carbocycles. The van der Waals surface area contributed by atoms with Crippen LogP contribution in [0, 0.1) is 5.92 Å². The van der Waals surface area contributed by atoms with Crippen LogP contribution in [0.1, 0.15) is 61.8 Å². The Morgan fingerprint density at radius 1 is 1.19 bits per heavy atom. The van der Waals surface area contributed by atoms with E-state index < -0.39 is 5.54 Å². The second kappa shape index (κ2) is 9.42. The average Bonchev–Trinajstić information content (AvgIpc) is 2.35. The standard InChI is InChI=1S/C17H36N2O2/c1-9-18-17(8,16(20)21-10-2)11-15(7)19(14(5)6)12-13(3)4/h13-15,18H,9-12H2,1-8H3. The molecule has 2 atom stereocenters. The third kappa shape index (κ3) is 6.79. The molecule has 0 aliphatic rings. The summed E-state index contributed by atoms with van der Waals surface area (Å²) in [6.07, 6.45) is 0.755. The first-order valence-corrected chi connectivity index (χ1v) is 8.35. The molecule has 1 N–H and O–H groups in total. The Morgan fingerprint density at radius 2 is 1.76 bits per heavy atom. The van der Waals surface area contributed by atoms with Crippen LogP contribution in [0.3, 0.4) is 0 Å². The summed E-state index contributed by atoms with van der Waals surface area (Å²) in [6, 6.07) is 0.788. The van der Waals surface area contributed by atoms with E-state index in [4.69, 9.17) is 4.74 Å². The Hall–Kier alpha value is -0.610. The lowest BCUT2D eigenvalue weighted by molar-refractivity contribution is -0.151. The molecule has 126 valence electrons. The van der Waals surface area contributed by atoms with Gasteiger partial charge in [-0.15, -0.1) is 0 Å². The SMILES string of the molecule is CCNC(C)(CC(C)N(CC(C)C)C(C)C)C(=O)OCC. The van der Waals surface area contributed by atoms with Crippen LogP contribution in [0.2, 0.25) is 0 Å². The number of carbonyl (C=O) groups excluding carboxylic acids is 1. The maximum atomic E-state index is 12.3. The molecule has 4 nitrogen and oxygen atoms in total. The van der Waals surface area contributed by atoms with Crippen molar-refractivity contribution in [3.8, 4) is 0 Å². The second-order valence-corrected chi connectivity index (χ2v) is 6.82. The predicted octanol–water partition coefficient (Wildman–Crippen LogP) is 3.06. The number of likely N-dealkylation sites (N-methyl/N-ethyl adjacent to an activating group) is 1. The fourth-order valence-corrected chi connectivity index (χ4v) is 2.94. The number of esters is 1. The van der Waals surface area contributed by atoms with Gasteiger partial charge in [0.2, 0.25) is 0 Å². The van der Waals surface area contributed by atoms with Gasteiger partial charge < -0.3 is 10.1 Å². The van der Waals surface area contributed by atoms with Crippen LogP contribution < -0.4 is 5.32 Å². The van der Waals surface area contributed by atoms with E-state index in [1.807, 2.05) is 20.8 Å². The van der Waals surface area contributed by atoms with Gasteiger partial charge in [0.15, 0.2) is 0 Å². The molecule has 0 aromatic rings. The van der Waals surface area contributed by atoms with Crippen LogP contribution in [0.25, 0.3) is 0 Å². The Kier molecular flexibility index (Phi) is 9.14. The minimum absolute atomic E-state index is 0.146. The van der Waals surface area contributed by atoms with Crippen molar-refractivity contribution >= 4 is 5.97 Å². The molecule has 2 unspecified atom stereocenters. The molecule has 4 heteroatoms. The van der Waals surface area contributed by atoms with Crippen LogP contribution in [-0.2, 0) is 9.53 Å². The fraction of sp³-hybridized carbons (Fsp3) is 0.941. The summed E-state index contributed by atoms with van der Waals surface area (Å²) in [7, 11) is 0. The van der Waals surface area contributed by atoms with Crippen LogP contribution in [0.4, 0.5) is 0 Å². The van der Waals surface area contributed by atoms with Crippen molar-refractivity contribution in [2.75, 3.05) is 19.7 Å². The number of nitrogens with zero attached hydrogens (tertiary/aromatic N) is 1. The highest BCUT2D eigenvalue weighted by Gasteiger charge is 2.37. The zero-order chi connectivity index (χ0) is 16.6. The zero-order valence-electron chi connectivity index (χ0n) is 15.3. The van der Waals surface area contributed by atoms with Gasteiger partial charge in [-0.1, -0.05) is 20.8 Å². The van der Waals surface area contributed by atoms with E-state index in [0.717, 1.165) is 19.5 Å². The number of hydrogen-bond donors (Lipinski definition) is 1. The molecule has 0 aromatic heterocycles. The molecule has 0 rings (SSSR count). The molecule has 0 heterocycles. The first-order valence-electron chi connectivity index (χ1n) is 8.35. The normalized spacial score (nSPS) is 16.3. The highest BCUT2D eigenvalue weighted by molar-refractivity contribution is 5.80. The van der Waals surface area contributed by atoms with Gasteiger partial charge in [-0.05, 0) is 53.5 Å². The van der Waals surface area contributed by atoms with Gasteiger partial charge in [0, 0.05) is 18.6 Å². The summed E-state index contributed by atoms with van der Waals surface area (Å²) in [5, 5.41) is 3.32. The van der Waals surface area contributed by atoms with Crippen LogP contribution in [-0.4, -0.2) is 48.2 Å². The molecule has 0 fully saturated rings. The van der Waals surface area contributed by atoms with E-state index in [-0.39, 0.29) is 5.97 Å². The molecule has 0 saturated carbocycles. The van der Waals surface area contributed by atoms with E-state index in [2.05, 4.69) is 44.8 Å². The Labute approximate surface area is 131 Å². The van der Waals surface area contributed by atoms with E-state index >= 15 is 0 Å². The molecular weight excluding hydrogens is 264 g/mol. The van der Waals surface area contributed by atoms with E-state index in [1.165, 1.54) is 0 Å². The smallest absolute Gasteiger partial charge is 0.326 e. The number of ether oxygens (including phenoxy) is 1. The Morgan fingerprint density at radius 3 is 2.14 bits per heavy atom. The number of hydrogen-bond acceptors (Lipinski definition) is 4. The van der Waals surface area contributed by atoms with Crippen LogP contribution in [0.15, 0.2) is 0 Å². The summed E-state index contributed by atoms with van der Waals surface area (Å²) in [5.41, 5.74) is -0.617. The average molecular weight is 300 g/mol. The third-order valence-electron chi connectivity index (χ3n) is 3.80. The van der Waals surface area contributed by atoms with Gasteiger partial charge in [0.25, 0.3) is 0 Å². The third-order valence-corrected chi connectivity index (χ3v) is 3.80. The molecule has 0 bridgehead atoms. The zero-order valence-corrected chi connectivity index (χ0v) is 15.3. The van der Waals surface area contributed by atoms with Crippen molar-refractivity contribution in [2.45, 2.75) is 79.4 Å². The van der Waals surface area contributed by atoms with Crippen molar-refractivity contribution < 1.29 is 9.53 Å². The molecule has 0 radical (unpaired) electrons. The molecule has 21 heavy (non-hydrogen) atoms. The topological polar surface area (TPSA) is 41.6 Å². The van der Waals surface area contributed by atoms with Gasteiger partial charge >= 0.3 is 5.97 Å². The fourth-order valence-electron chi connectivity index (χ4n) is 2.94. The van der Waals surface area contributed by atoms with Crippen molar-refractivity contribution in [1.29, 1.82) is 0 Å². The predicted molar refractivity (Wildman–Crippen MR) is 89.5 cm³/mol. The molecule has 0 saturated heterocycles. The second-order valence-electron chi connectivity index (χ2n) is 6.82. The number of carbonyl (C=O) groups is 1. The van der Waals surface area contributed by atoms with Crippen molar-refractivity contribution in [3.63, 3.8) is 0 Å². The first kappa shape index (κ1) is 20.4. The first-order chi connectivity index (χ1) is 9.67. The Balaban J connectivity index is 5.00. The monoisotopic (exact) mass is 300 g/mol. The minimum Gasteiger partial charge on any atom is -0.465 e. The van der Waals surface area contributed by atoms with Crippen LogP contribution in [0.5, 0.6) is 0 Å². The van der Waals surface area contributed by atoms with E-state index in [9.17, 15) is 4.79 Å². The summed E-state index contributed by atoms with van der Waals surface area (Å²) in [4.78, 5) is 14.8. The largest absolute Gasteiger partial charge is 0.465 e. The van der Waals surface area contributed by atoms with Gasteiger partial charge in [-0.2, -0.15) is 0 Å². The lowest BCUT2D eigenvalue weighted by Gasteiger charge is -2.39. The minimum atomic E-state index is -0.617. The highest BCUT2D eigenvalue weighted by Crippen LogP contribution is 2.21. The summed E-state index contributed by atoms with van der Waals surface area (Å²) < 4.78 is 5.26. The molecule has 0 spiro atoms. The van der Waals surface area contributed by atoms with Gasteiger partial charge in [-0.3, -0.25) is 9.69 Å². The van der Waals surface area contributed by atoms with Crippen molar-refractivity contribution in [3.05, 3.63) is 0 Å². The van der Waals surface area contributed by atoms with Gasteiger partial charge in [0.05, 0.1) is 6.61 Å². The highest BCUT2D eigenvalue weighted by atomic mass is 16.5. The summed E-state index contributed by atoms with van der Waals surface area (Å²) in [5.74, 6) is 0.467. The van der Waals surface area contributed by atoms with Gasteiger partial charge in [-0.25, -0.2) is 0 Å². The summed E-state index contributed by atoms with van der Waals surface area (Å²) in [6.45, 7) is 19.2. The van der Waals surface area contributed by atoms with Crippen molar-refractivity contribution in [2.24, 2.45) is 5.92 Å². The van der Waals surface area contributed by atoms with E-state index in [1.54, 1.807) is 0 Å². The number of nitrogens with one attached hydrogen (secondary N) is 1. The molecule has 0 aromatic carbocycles. The maximum absolute atomic E-state index is 12.3. The molecule has 0 aliphatic heterocycles.